The minimum absolute atomic E-state index is 0. The molecule has 1 fully saturated rings. The first-order chi connectivity index (χ1) is 9.95. The van der Waals surface area contributed by atoms with Crippen LogP contribution in [0.2, 0.25) is 0 Å². The number of piperazine rings is 1. The smallest absolute Gasteiger partial charge is 0.353 e. The van der Waals surface area contributed by atoms with Crippen LogP contribution in [0.15, 0.2) is 4.90 Å². The van der Waals surface area contributed by atoms with E-state index in [2.05, 4.69) is 14.9 Å². The Morgan fingerprint density at radius 1 is 1.09 bits per heavy atom. The number of anilines is 1. The summed E-state index contributed by atoms with van der Waals surface area (Å²) in [7, 11) is 2.02. The van der Waals surface area contributed by atoms with Crippen molar-refractivity contribution in [3.63, 3.8) is 0 Å². The number of thioether (sulfide) groups is 1. The summed E-state index contributed by atoms with van der Waals surface area (Å²) in [6.07, 6.45) is -3.01. The lowest BCUT2D eigenvalue weighted by molar-refractivity contribution is -0.145. The first-order valence-corrected chi connectivity index (χ1v) is 7.98. The van der Waals surface area contributed by atoms with Gasteiger partial charge in [0.15, 0.2) is 0 Å². The van der Waals surface area contributed by atoms with Gasteiger partial charge in [0.2, 0.25) is 5.82 Å². The molecule has 3 rings (SSSR count). The third-order valence-electron chi connectivity index (χ3n) is 3.78. The zero-order valence-electron chi connectivity index (χ0n) is 12.2. The van der Waals surface area contributed by atoms with E-state index in [1.807, 2.05) is 11.9 Å². The highest BCUT2D eigenvalue weighted by molar-refractivity contribution is 7.99. The van der Waals surface area contributed by atoms with Gasteiger partial charge in [-0.15, -0.1) is 24.2 Å². The highest BCUT2D eigenvalue weighted by Crippen LogP contribution is 2.38. The van der Waals surface area contributed by atoms with Gasteiger partial charge in [0.05, 0.1) is 10.6 Å². The summed E-state index contributed by atoms with van der Waals surface area (Å²) >= 11 is 1.58. The lowest BCUT2D eigenvalue weighted by Gasteiger charge is -2.35. The van der Waals surface area contributed by atoms with E-state index < -0.39 is 12.0 Å². The molecule has 0 amide bonds. The van der Waals surface area contributed by atoms with Crippen molar-refractivity contribution >= 4 is 30.0 Å². The largest absolute Gasteiger partial charge is 0.451 e. The van der Waals surface area contributed by atoms with Crippen LogP contribution in [0.1, 0.15) is 17.9 Å². The maximum Gasteiger partial charge on any atom is 0.451 e. The highest BCUT2D eigenvalue weighted by Gasteiger charge is 2.37. The molecule has 4 nitrogen and oxygen atoms in total. The van der Waals surface area contributed by atoms with E-state index >= 15 is 0 Å². The third kappa shape index (κ3) is 3.60. The predicted octanol–water partition coefficient (Wildman–Crippen LogP) is 2.71. The van der Waals surface area contributed by atoms with Crippen LogP contribution < -0.4 is 4.90 Å². The standard InChI is InChI=1S/C13H17F3N4S.ClH/c1-19-4-6-20(7-5-19)11-10-9(3-2-8-21-10)17-12(18-11)13(14,15)16;/h2-8H2,1H3;1H. The number of hydrogen-bond acceptors (Lipinski definition) is 5. The van der Waals surface area contributed by atoms with Crippen molar-refractivity contribution in [1.29, 1.82) is 0 Å². The fourth-order valence-electron chi connectivity index (χ4n) is 2.57. The fraction of sp³-hybridized carbons (Fsp3) is 0.692. The Kier molecular flexibility index (Phi) is 5.45. The molecule has 0 spiro atoms. The van der Waals surface area contributed by atoms with Crippen LogP contribution in [0, 0.1) is 0 Å². The molecular weight excluding hydrogens is 337 g/mol. The number of aromatic nitrogens is 2. The number of halogens is 4. The molecule has 0 aliphatic carbocycles. The Bertz CT molecular complexity index is 533. The zero-order chi connectivity index (χ0) is 15.0. The second-order valence-electron chi connectivity index (χ2n) is 5.39. The Morgan fingerprint density at radius 3 is 2.41 bits per heavy atom. The number of alkyl halides is 3. The van der Waals surface area contributed by atoms with E-state index in [0.29, 0.717) is 31.0 Å². The Morgan fingerprint density at radius 2 is 1.77 bits per heavy atom. The predicted molar refractivity (Wildman–Crippen MR) is 83.0 cm³/mol. The molecule has 3 heterocycles. The molecule has 0 unspecified atom stereocenters. The van der Waals surface area contributed by atoms with Gasteiger partial charge in [-0.25, -0.2) is 9.97 Å². The number of likely N-dealkylation sites (N-methyl/N-ethyl adjacent to an activating group) is 1. The quantitative estimate of drug-likeness (QED) is 0.774. The van der Waals surface area contributed by atoms with Crippen molar-refractivity contribution in [2.45, 2.75) is 23.9 Å². The number of fused-ring (bicyclic) bond motifs is 1. The Hall–Kier alpha value is -0.730. The molecule has 0 N–H and O–H groups in total. The molecule has 2 aliphatic rings. The SMILES string of the molecule is CN1CCN(c2nc(C(F)(F)F)nc3c2SCCC3)CC1.Cl. The van der Waals surface area contributed by atoms with Gasteiger partial charge in [-0.3, -0.25) is 0 Å². The topological polar surface area (TPSA) is 32.3 Å². The van der Waals surface area contributed by atoms with Crippen LogP contribution in [-0.2, 0) is 12.6 Å². The van der Waals surface area contributed by atoms with Crippen molar-refractivity contribution in [2.24, 2.45) is 0 Å². The van der Waals surface area contributed by atoms with Gasteiger partial charge < -0.3 is 9.80 Å². The molecule has 1 aromatic heterocycles. The first kappa shape index (κ1) is 17.6. The number of aryl methyl sites for hydroxylation is 1. The van der Waals surface area contributed by atoms with Crippen molar-refractivity contribution in [1.82, 2.24) is 14.9 Å². The molecule has 0 atom stereocenters. The summed E-state index contributed by atoms with van der Waals surface area (Å²) in [5, 5.41) is 0. The highest BCUT2D eigenvalue weighted by atomic mass is 35.5. The van der Waals surface area contributed by atoms with Crippen LogP contribution in [-0.4, -0.2) is 53.8 Å². The normalized spacial score (nSPS) is 19.5. The van der Waals surface area contributed by atoms with Crippen molar-refractivity contribution in [2.75, 3.05) is 43.9 Å². The third-order valence-corrected chi connectivity index (χ3v) is 4.98. The minimum atomic E-state index is -4.49. The van der Waals surface area contributed by atoms with E-state index in [9.17, 15) is 13.2 Å². The minimum Gasteiger partial charge on any atom is -0.353 e. The molecule has 9 heteroatoms. The second kappa shape index (κ2) is 6.80. The monoisotopic (exact) mass is 354 g/mol. The van der Waals surface area contributed by atoms with Crippen LogP contribution in [0.25, 0.3) is 0 Å². The average Bonchev–Trinajstić information content (AvgIpc) is 2.46. The van der Waals surface area contributed by atoms with Gasteiger partial charge in [0.25, 0.3) is 0 Å². The van der Waals surface area contributed by atoms with Crippen molar-refractivity contribution in [3.8, 4) is 0 Å². The summed E-state index contributed by atoms with van der Waals surface area (Å²) in [4.78, 5) is 12.6. The number of nitrogens with zero attached hydrogens (tertiary/aromatic N) is 4. The van der Waals surface area contributed by atoms with Crippen LogP contribution in [0.5, 0.6) is 0 Å². The van der Waals surface area contributed by atoms with Crippen LogP contribution in [0.4, 0.5) is 19.0 Å². The summed E-state index contributed by atoms with van der Waals surface area (Å²) in [5.74, 6) is 0.394. The molecule has 0 bridgehead atoms. The molecule has 0 saturated carbocycles. The van der Waals surface area contributed by atoms with Gasteiger partial charge in [-0.05, 0) is 25.6 Å². The Balaban J connectivity index is 0.00000176. The summed E-state index contributed by atoms with van der Waals surface area (Å²) in [5.41, 5.74) is 0.558. The molecule has 124 valence electrons. The van der Waals surface area contributed by atoms with E-state index in [0.717, 1.165) is 30.2 Å². The molecule has 1 saturated heterocycles. The van der Waals surface area contributed by atoms with Gasteiger partial charge in [0.1, 0.15) is 5.82 Å². The molecule has 1 aromatic rings. The summed E-state index contributed by atoms with van der Waals surface area (Å²) in [6, 6.07) is 0. The molecule has 22 heavy (non-hydrogen) atoms. The van der Waals surface area contributed by atoms with Gasteiger partial charge in [0, 0.05) is 26.2 Å². The zero-order valence-corrected chi connectivity index (χ0v) is 13.8. The van der Waals surface area contributed by atoms with E-state index in [-0.39, 0.29) is 12.4 Å². The lowest BCUT2D eigenvalue weighted by Crippen LogP contribution is -2.45. The van der Waals surface area contributed by atoms with Gasteiger partial charge >= 0.3 is 6.18 Å². The van der Waals surface area contributed by atoms with E-state index in [1.165, 1.54) is 0 Å². The number of rotatable bonds is 1. The maximum absolute atomic E-state index is 13.0. The Labute approximate surface area is 137 Å². The lowest BCUT2D eigenvalue weighted by atomic mass is 10.2. The van der Waals surface area contributed by atoms with Crippen LogP contribution in [0.3, 0.4) is 0 Å². The molecular formula is C13H18ClF3N4S. The summed E-state index contributed by atoms with van der Waals surface area (Å²) in [6.45, 7) is 3.09. The average molecular weight is 355 g/mol. The fourth-order valence-corrected chi connectivity index (χ4v) is 3.69. The molecule has 2 aliphatic heterocycles. The molecule has 0 radical (unpaired) electrons. The van der Waals surface area contributed by atoms with Crippen molar-refractivity contribution in [3.05, 3.63) is 11.5 Å². The van der Waals surface area contributed by atoms with Crippen molar-refractivity contribution < 1.29 is 13.2 Å². The summed E-state index contributed by atoms with van der Waals surface area (Å²) < 4.78 is 39.0. The molecule has 0 aromatic carbocycles. The number of hydrogen-bond donors (Lipinski definition) is 0. The van der Waals surface area contributed by atoms with Crippen LogP contribution >= 0.6 is 24.2 Å². The van der Waals surface area contributed by atoms with E-state index in [4.69, 9.17) is 0 Å². The maximum atomic E-state index is 13.0. The van der Waals surface area contributed by atoms with Gasteiger partial charge in [-0.1, -0.05) is 0 Å². The van der Waals surface area contributed by atoms with Gasteiger partial charge in [-0.2, -0.15) is 13.2 Å². The van der Waals surface area contributed by atoms with E-state index in [1.54, 1.807) is 11.8 Å². The first-order valence-electron chi connectivity index (χ1n) is 6.99. The second-order valence-corrected chi connectivity index (χ2v) is 6.49.